The molecule has 1 aliphatic heterocycles. The van der Waals surface area contributed by atoms with E-state index >= 15 is 0 Å². The van der Waals surface area contributed by atoms with Gasteiger partial charge in [-0.1, -0.05) is 30.3 Å². The number of carbonyl (C=O) groups excluding carboxylic acids is 1. The van der Waals surface area contributed by atoms with Gasteiger partial charge in [0.1, 0.15) is 0 Å². The Hall–Kier alpha value is -2.34. The van der Waals surface area contributed by atoms with E-state index in [9.17, 15) is 4.79 Å². The number of aromatic nitrogens is 2. The maximum Gasteiger partial charge on any atom is 0.314 e. The molecule has 27 heavy (non-hydrogen) atoms. The minimum atomic E-state index is -0.106. The Morgan fingerprint density at radius 1 is 1.19 bits per heavy atom. The Balaban J connectivity index is 1.46. The minimum absolute atomic E-state index is 0.0411. The number of nitrogens with one attached hydrogen (secondary N) is 2. The topological polar surface area (TPSA) is 68.2 Å². The van der Waals surface area contributed by atoms with Crippen LogP contribution in [0.4, 0.5) is 4.79 Å². The molecule has 2 N–H and O–H groups in total. The van der Waals surface area contributed by atoms with E-state index in [1.165, 1.54) is 5.56 Å². The Bertz CT molecular complexity index is 736. The lowest BCUT2D eigenvalue weighted by molar-refractivity contribution is 0.0507. The standard InChI is InChI=1S/C21H30N4O2/c1-17-15-18(2)25(24-17)12-6-11-22-20(26)23-16-21(9-13-27-14-10-21)19-7-4-3-5-8-19/h3-5,7-8,15H,6,9-14,16H2,1-2H3,(H2,22,23,26). The van der Waals surface area contributed by atoms with Gasteiger partial charge in [-0.2, -0.15) is 5.10 Å². The highest BCUT2D eigenvalue weighted by molar-refractivity contribution is 5.73. The number of rotatable bonds is 7. The number of ether oxygens (including phenoxy) is 1. The molecule has 3 rings (SSSR count). The third kappa shape index (κ3) is 5.10. The van der Waals surface area contributed by atoms with Gasteiger partial charge in [-0.15, -0.1) is 0 Å². The van der Waals surface area contributed by atoms with Gasteiger partial charge in [0.2, 0.25) is 0 Å². The van der Waals surface area contributed by atoms with Crippen LogP contribution < -0.4 is 10.6 Å². The van der Waals surface area contributed by atoms with Gasteiger partial charge in [-0.3, -0.25) is 4.68 Å². The zero-order chi connectivity index (χ0) is 19.1. The zero-order valence-corrected chi connectivity index (χ0v) is 16.3. The van der Waals surface area contributed by atoms with Crippen molar-refractivity contribution in [2.45, 2.75) is 45.1 Å². The number of hydrogen-bond donors (Lipinski definition) is 2. The van der Waals surface area contributed by atoms with E-state index in [1.807, 2.05) is 17.7 Å². The smallest absolute Gasteiger partial charge is 0.314 e. The third-order valence-corrected chi connectivity index (χ3v) is 5.36. The predicted molar refractivity (Wildman–Crippen MR) is 106 cm³/mol. The molecule has 0 radical (unpaired) electrons. The van der Waals surface area contributed by atoms with Gasteiger partial charge >= 0.3 is 6.03 Å². The van der Waals surface area contributed by atoms with Crippen molar-refractivity contribution in [2.75, 3.05) is 26.3 Å². The monoisotopic (exact) mass is 370 g/mol. The average molecular weight is 370 g/mol. The van der Waals surface area contributed by atoms with Crippen LogP contribution in [0.1, 0.15) is 36.2 Å². The first-order chi connectivity index (χ1) is 13.1. The fourth-order valence-corrected chi connectivity index (χ4v) is 3.77. The predicted octanol–water partition coefficient (Wildman–Crippen LogP) is 2.94. The summed E-state index contributed by atoms with van der Waals surface area (Å²) in [5.74, 6) is 0. The number of amides is 2. The molecular weight excluding hydrogens is 340 g/mol. The summed E-state index contributed by atoms with van der Waals surface area (Å²) in [4.78, 5) is 12.3. The van der Waals surface area contributed by atoms with Crippen molar-refractivity contribution in [1.82, 2.24) is 20.4 Å². The van der Waals surface area contributed by atoms with Crippen LogP contribution in [0.15, 0.2) is 36.4 Å². The molecule has 6 nitrogen and oxygen atoms in total. The van der Waals surface area contributed by atoms with Gasteiger partial charge in [0.05, 0.1) is 5.69 Å². The Labute approximate surface area is 161 Å². The normalized spacial score (nSPS) is 16.1. The summed E-state index contributed by atoms with van der Waals surface area (Å²) in [7, 11) is 0. The molecule has 0 atom stereocenters. The molecule has 2 aromatic rings. The number of carbonyl (C=O) groups is 1. The molecule has 146 valence electrons. The summed E-state index contributed by atoms with van der Waals surface area (Å²) < 4.78 is 7.54. The van der Waals surface area contributed by atoms with Crippen LogP contribution in [0.5, 0.6) is 0 Å². The van der Waals surface area contributed by atoms with E-state index in [-0.39, 0.29) is 11.4 Å². The summed E-state index contributed by atoms with van der Waals surface area (Å²) in [6, 6.07) is 12.4. The molecule has 1 fully saturated rings. The molecular formula is C21H30N4O2. The van der Waals surface area contributed by atoms with Crippen LogP contribution in [-0.4, -0.2) is 42.1 Å². The summed E-state index contributed by atoms with van der Waals surface area (Å²) in [6.07, 6.45) is 2.71. The third-order valence-electron chi connectivity index (χ3n) is 5.36. The molecule has 1 aliphatic rings. The van der Waals surface area contributed by atoms with E-state index in [0.717, 1.165) is 50.4 Å². The number of nitrogens with zero attached hydrogens (tertiary/aromatic N) is 2. The number of hydrogen-bond acceptors (Lipinski definition) is 3. The second-order valence-corrected chi connectivity index (χ2v) is 7.37. The highest BCUT2D eigenvalue weighted by atomic mass is 16.5. The maximum absolute atomic E-state index is 12.3. The van der Waals surface area contributed by atoms with Gasteiger partial charge in [0.25, 0.3) is 0 Å². The first kappa shape index (κ1) is 19.4. The molecule has 6 heteroatoms. The molecule has 2 amide bonds. The quantitative estimate of drug-likeness (QED) is 0.737. The lowest BCUT2D eigenvalue weighted by Gasteiger charge is -2.38. The van der Waals surface area contributed by atoms with Crippen molar-refractivity contribution < 1.29 is 9.53 Å². The molecule has 0 bridgehead atoms. The van der Waals surface area contributed by atoms with Crippen molar-refractivity contribution in [3.8, 4) is 0 Å². The van der Waals surface area contributed by atoms with Crippen LogP contribution in [-0.2, 0) is 16.7 Å². The van der Waals surface area contributed by atoms with Crippen LogP contribution in [0.2, 0.25) is 0 Å². The molecule has 0 saturated carbocycles. The fourth-order valence-electron chi connectivity index (χ4n) is 3.77. The van der Waals surface area contributed by atoms with Crippen molar-refractivity contribution in [3.63, 3.8) is 0 Å². The highest BCUT2D eigenvalue weighted by Gasteiger charge is 2.34. The lowest BCUT2D eigenvalue weighted by atomic mass is 9.74. The molecule has 0 spiro atoms. The number of urea groups is 1. The van der Waals surface area contributed by atoms with E-state index < -0.39 is 0 Å². The summed E-state index contributed by atoms with van der Waals surface area (Å²) in [6.45, 7) is 7.59. The second kappa shape index (κ2) is 9.04. The van der Waals surface area contributed by atoms with Crippen molar-refractivity contribution in [3.05, 3.63) is 53.3 Å². The van der Waals surface area contributed by atoms with Crippen molar-refractivity contribution >= 4 is 6.03 Å². The molecule has 1 aromatic heterocycles. The molecule has 0 aliphatic carbocycles. The van der Waals surface area contributed by atoms with E-state index in [1.54, 1.807) is 0 Å². The van der Waals surface area contributed by atoms with Crippen LogP contribution in [0, 0.1) is 13.8 Å². The number of aryl methyl sites for hydroxylation is 3. The first-order valence-electron chi connectivity index (χ1n) is 9.75. The van der Waals surface area contributed by atoms with Crippen molar-refractivity contribution in [2.24, 2.45) is 0 Å². The van der Waals surface area contributed by atoms with E-state index in [0.29, 0.717) is 13.1 Å². The highest BCUT2D eigenvalue weighted by Crippen LogP contribution is 2.34. The first-order valence-corrected chi connectivity index (χ1v) is 9.75. The SMILES string of the molecule is Cc1cc(C)n(CCCNC(=O)NCC2(c3ccccc3)CCOCC2)n1. The van der Waals surface area contributed by atoms with Crippen molar-refractivity contribution in [1.29, 1.82) is 0 Å². The molecule has 1 saturated heterocycles. The molecule has 0 unspecified atom stereocenters. The van der Waals surface area contributed by atoms with Gasteiger partial charge < -0.3 is 15.4 Å². The van der Waals surface area contributed by atoms with Gasteiger partial charge in [0.15, 0.2) is 0 Å². The Morgan fingerprint density at radius 3 is 2.59 bits per heavy atom. The Morgan fingerprint density at radius 2 is 1.93 bits per heavy atom. The summed E-state index contributed by atoms with van der Waals surface area (Å²) in [5, 5.41) is 10.5. The maximum atomic E-state index is 12.3. The fraction of sp³-hybridized carbons (Fsp3) is 0.524. The van der Waals surface area contributed by atoms with Crippen LogP contribution in [0.3, 0.4) is 0 Å². The minimum Gasteiger partial charge on any atom is -0.381 e. The molecule has 2 heterocycles. The van der Waals surface area contributed by atoms with Gasteiger partial charge in [-0.25, -0.2) is 4.79 Å². The van der Waals surface area contributed by atoms with Gasteiger partial charge in [-0.05, 0) is 44.7 Å². The van der Waals surface area contributed by atoms with E-state index in [2.05, 4.69) is 53.0 Å². The zero-order valence-electron chi connectivity index (χ0n) is 16.3. The number of benzene rings is 1. The van der Waals surface area contributed by atoms with Crippen LogP contribution in [0.25, 0.3) is 0 Å². The van der Waals surface area contributed by atoms with Gasteiger partial charge in [0, 0.05) is 44.0 Å². The molecule has 1 aromatic carbocycles. The average Bonchev–Trinajstić information content (AvgIpc) is 3.02. The summed E-state index contributed by atoms with van der Waals surface area (Å²) >= 11 is 0. The second-order valence-electron chi connectivity index (χ2n) is 7.37. The Kier molecular flexibility index (Phi) is 6.50. The lowest BCUT2D eigenvalue weighted by Crippen LogP contribution is -2.47. The van der Waals surface area contributed by atoms with Crippen LogP contribution >= 0.6 is 0 Å². The summed E-state index contributed by atoms with van der Waals surface area (Å²) in [5.41, 5.74) is 3.42. The van der Waals surface area contributed by atoms with E-state index in [4.69, 9.17) is 4.74 Å². The largest absolute Gasteiger partial charge is 0.381 e.